The zero-order valence-corrected chi connectivity index (χ0v) is 13.3. The van der Waals surface area contributed by atoms with Gasteiger partial charge in [-0.15, -0.1) is 0 Å². The molecule has 0 aliphatic heterocycles. The van der Waals surface area contributed by atoms with E-state index in [0.29, 0.717) is 35.2 Å². The summed E-state index contributed by atoms with van der Waals surface area (Å²) >= 11 is 5.37. The van der Waals surface area contributed by atoms with Gasteiger partial charge in [-0.2, -0.15) is 0 Å². The fourth-order valence-electron chi connectivity index (χ4n) is 3.12. The monoisotopic (exact) mass is 338 g/mol. The summed E-state index contributed by atoms with van der Waals surface area (Å²) in [4.78, 5) is 11.1. The lowest BCUT2D eigenvalue weighted by Crippen LogP contribution is -2.21. The third-order valence-corrected chi connectivity index (χ3v) is 4.86. The highest BCUT2D eigenvalue weighted by Gasteiger charge is 2.25. The molecule has 0 saturated heterocycles. The topological polar surface area (TPSA) is 47.2 Å². The first-order chi connectivity index (χ1) is 10.9. The Labute approximate surface area is 137 Å². The number of fused-ring (bicyclic) bond motifs is 1. The molecule has 1 aliphatic carbocycles. The Bertz CT molecular complexity index is 828. The average Bonchev–Trinajstić information content (AvgIpc) is 2.87. The predicted molar refractivity (Wildman–Crippen MR) is 83.0 cm³/mol. The minimum absolute atomic E-state index is 0.0292. The van der Waals surface area contributed by atoms with Crippen LogP contribution in [-0.2, 0) is 17.6 Å². The smallest absolute Gasteiger partial charge is 0.326 e. The van der Waals surface area contributed by atoms with E-state index >= 15 is 0 Å². The first-order valence-electron chi connectivity index (χ1n) is 7.37. The maximum atomic E-state index is 13.8. The number of carboxylic acids is 1. The third kappa shape index (κ3) is 2.81. The fraction of sp³-hybridized carbons (Fsp3) is 0.375. The molecule has 1 aromatic carbocycles. The average molecular weight is 338 g/mol. The molecule has 2 unspecified atom stereocenters. The van der Waals surface area contributed by atoms with E-state index in [0.717, 1.165) is 6.07 Å². The van der Waals surface area contributed by atoms with Crippen LogP contribution in [-0.4, -0.2) is 20.2 Å². The van der Waals surface area contributed by atoms with E-state index in [9.17, 15) is 13.6 Å². The fourth-order valence-corrected chi connectivity index (χ4v) is 3.55. The first-order valence-corrected chi connectivity index (χ1v) is 7.78. The molecule has 0 fully saturated rings. The molecular formula is C16H16F2N2O2S. The van der Waals surface area contributed by atoms with E-state index in [1.165, 1.54) is 10.6 Å². The second-order valence-electron chi connectivity index (χ2n) is 5.83. The van der Waals surface area contributed by atoms with Gasteiger partial charge in [-0.05, 0) is 55.6 Å². The van der Waals surface area contributed by atoms with E-state index in [2.05, 4.69) is 0 Å². The van der Waals surface area contributed by atoms with Crippen LogP contribution in [0.5, 0.6) is 0 Å². The summed E-state index contributed by atoms with van der Waals surface area (Å²) < 4.78 is 31.0. The van der Waals surface area contributed by atoms with Gasteiger partial charge in [0.1, 0.15) is 17.7 Å². The highest BCUT2D eigenvalue weighted by molar-refractivity contribution is 7.71. The van der Waals surface area contributed by atoms with Crippen molar-refractivity contribution in [3.8, 4) is 0 Å². The highest BCUT2D eigenvalue weighted by atomic mass is 32.1. The predicted octanol–water partition coefficient (Wildman–Crippen LogP) is 3.67. The number of rotatable bonds is 3. The van der Waals surface area contributed by atoms with Gasteiger partial charge in [0.25, 0.3) is 0 Å². The summed E-state index contributed by atoms with van der Waals surface area (Å²) in [5.74, 6) is -2.04. The Kier molecular flexibility index (Phi) is 4.06. The van der Waals surface area contributed by atoms with E-state index in [1.54, 1.807) is 19.3 Å². The van der Waals surface area contributed by atoms with Crippen molar-refractivity contribution in [1.82, 2.24) is 9.13 Å². The largest absolute Gasteiger partial charge is 0.480 e. The molecule has 2 atom stereocenters. The van der Waals surface area contributed by atoms with Crippen molar-refractivity contribution in [3.05, 3.63) is 52.1 Å². The van der Waals surface area contributed by atoms with E-state index in [1.807, 2.05) is 4.57 Å². The highest BCUT2D eigenvalue weighted by Crippen LogP contribution is 2.31. The quantitative estimate of drug-likeness (QED) is 0.869. The van der Waals surface area contributed by atoms with Gasteiger partial charge >= 0.3 is 5.97 Å². The van der Waals surface area contributed by atoms with E-state index in [-0.39, 0.29) is 6.04 Å². The summed E-state index contributed by atoms with van der Waals surface area (Å²) in [7, 11) is 0. The molecule has 1 N–H and O–H groups in total. The molecule has 0 radical (unpaired) electrons. The summed E-state index contributed by atoms with van der Waals surface area (Å²) in [6.07, 6.45) is 5.04. The van der Waals surface area contributed by atoms with Crippen LogP contribution in [0.3, 0.4) is 0 Å². The van der Waals surface area contributed by atoms with Crippen LogP contribution in [0, 0.1) is 16.4 Å². The van der Waals surface area contributed by atoms with Gasteiger partial charge in [0.2, 0.25) is 0 Å². The maximum Gasteiger partial charge on any atom is 0.326 e. The molecule has 1 aliphatic rings. The number of aromatic nitrogens is 2. The Morgan fingerprint density at radius 2 is 2.13 bits per heavy atom. The summed E-state index contributed by atoms with van der Waals surface area (Å²) in [5.41, 5.74) is 1.21. The number of aliphatic carboxylic acids is 1. The number of hydrogen-bond donors (Lipinski definition) is 1. The number of carbonyl (C=O) groups is 1. The molecule has 0 saturated carbocycles. The van der Waals surface area contributed by atoms with Gasteiger partial charge in [-0.1, -0.05) is 0 Å². The Hall–Kier alpha value is -2.02. The normalized spacial score (nSPS) is 18.5. The first kappa shape index (κ1) is 15.9. The van der Waals surface area contributed by atoms with Crippen LogP contribution in [0.2, 0.25) is 0 Å². The number of benzene rings is 1. The summed E-state index contributed by atoms with van der Waals surface area (Å²) in [5, 5.41) is 9.11. The van der Waals surface area contributed by atoms with Crippen LogP contribution in [0.15, 0.2) is 24.5 Å². The Morgan fingerprint density at radius 1 is 1.39 bits per heavy atom. The summed E-state index contributed by atoms with van der Waals surface area (Å²) in [6.45, 7) is 1.56. The number of hydrogen-bond acceptors (Lipinski definition) is 2. The van der Waals surface area contributed by atoms with Crippen molar-refractivity contribution in [2.24, 2.45) is 0 Å². The third-order valence-electron chi connectivity index (χ3n) is 4.43. The molecule has 4 nitrogen and oxygen atoms in total. The standard InChI is InChI=1S/C16H16F2N2O2S/c1-9(15(21)22)19-4-5-20(16(19)23)12-2-3-13-10(7-12)6-11(17)8-14(13)18/h4-6,8-9,12H,2-3,7H2,1H3,(H,21,22). The van der Waals surface area contributed by atoms with Crippen LogP contribution in [0.1, 0.15) is 36.6 Å². The van der Waals surface area contributed by atoms with Crippen molar-refractivity contribution < 1.29 is 18.7 Å². The van der Waals surface area contributed by atoms with Crippen molar-refractivity contribution >= 4 is 18.2 Å². The van der Waals surface area contributed by atoms with E-state index in [4.69, 9.17) is 17.3 Å². The lowest BCUT2D eigenvalue weighted by molar-refractivity contribution is -0.140. The molecular weight excluding hydrogens is 322 g/mol. The maximum absolute atomic E-state index is 13.8. The van der Waals surface area contributed by atoms with Gasteiger partial charge in [-0.25, -0.2) is 13.6 Å². The molecule has 0 amide bonds. The number of imidazole rings is 1. The van der Waals surface area contributed by atoms with Crippen LogP contribution >= 0.6 is 12.2 Å². The molecule has 1 aromatic heterocycles. The van der Waals surface area contributed by atoms with Crippen LogP contribution in [0.25, 0.3) is 0 Å². The SMILES string of the molecule is CC(C(=O)O)n1ccn(C2CCc3c(F)cc(F)cc3C2)c1=S. The molecule has 1 heterocycles. The molecule has 23 heavy (non-hydrogen) atoms. The van der Waals surface area contributed by atoms with Crippen molar-refractivity contribution in [2.75, 3.05) is 0 Å². The molecule has 122 valence electrons. The van der Waals surface area contributed by atoms with Crippen LogP contribution < -0.4 is 0 Å². The van der Waals surface area contributed by atoms with Gasteiger partial charge in [0, 0.05) is 24.5 Å². The second-order valence-corrected chi connectivity index (χ2v) is 6.20. The van der Waals surface area contributed by atoms with Crippen molar-refractivity contribution in [2.45, 2.75) is 38.3 Å². The molecule has 7 heteroatoms. The number of carboxylic acid groups (broad SMARTS) is 1. The molecule has 0 bridgehead atoms. The lowest BCUT2D eigenvalue weighted by atomic mass is 9.87. The Morgan fingerprint density at radius 3 is 2.83 bits per heavy atom. The number of nitrogens with zero attached hydrogens (tertiary/aromatic N) is 2. The van der Waals surface area contributed by atoms with Crippen molar-refractivity contribution in [3.63, 3.8) is 0 Å². The second kappa shape index (κ2) is 5.88. The zero-order valence-electron chi connectivity index (χ0n) is 12.5. The lowest BCUT2D eigenvalue weighted by Gasteiger charge is -2.26. The van der Waals surface area contributed by atoms with Gasteiger partial charge in [0.05, 0.1) is 0 Å². The minimum atomic E-state index is -0.961. The zero-order chi connectivity index (χ0) is 16.7. The molecule has 3 rings (SSSR count). The van der Waals surface area contributed by atoms with Crippen LogP contribution in [0.4, 0.5) is 8.78 Å². The van der Waals surface area contributed by atoms with Gasteiger partial charge < -0.3 is 14.2 Å². The van der Waals surface area contributed by atoms with Gasteiger partial charge in [-0.3, -0.25) is 0 Å². The van der Waals surface area contributed by atoms with Gasteiger partial charge in [0.15, 0.2) is 4.77 Å². The molecule has 0 spiro atoms. The molecule has 2 aromatic rings. The van der Waals surface area contributed by atoms with Crippen molar-refractivity contribution in [1.29, 1.82) is 0 Å². The minimum Gasteiger partial charge on any atom is -0.480 e. The van der Waals surface area contributed by atoms with E-state index < -0.39 is 23.6 Å². The Balaban J connectivity index is 1.93. The summed E-state index contributed by atoms with van der Waals surface area (Å²) in [6, 6.07) is 1.49. The number of halogens is 2.